The minimum Gasteiger partial charge on any atom is -0.507 e. The van der Waals surface area contributed by atoms with Gasteiger partial charge >= 0.3 is 5.97 Å². The van der Waals surface area contributed by atoms with Gasteiger partial charge in [-0.3, -0.25) is 0 Å². The molecule has 0 bridgehead atoms. The van der Waals surface area contributed by atoms with Gasteiger partial charge in [-0.2, -0.15) is 0 Å². The van der Waals surface area contributed by atoms with Crippen molar-refractivity contribution in [3.8, 4) is 11.5 Å². The summed E-state index contributed by atoms with van der Waals surface area (Å²) < 4.78 is 6.30. The molecule has 186 valence electrons. The van der Waals surface area contributed by atoms with Crippen molar-refractivity contribution >= 4 is 40.5 Å². The molecule has 0 fully saturated rings. The largest absolute Gasteiger partial charge is 0.507 e. The van der Waals surface area contributed by atoms with Crippen LogP contribution in [0.2, 0.25) is 0 Å². The number of nitrogens with zero attached hydrogens (tertiary/aromatic N) is 1. The molecule has 5 rings (SSSR count). The van der Waals surface area contributed by atoms with E-state index in [0.29, 0.717) is 12.2 Å². The van der Waals surface area contributed by atoms with Crippen molar-refractivity contribution in [1.29, 1.82) is 0 Å². The maximum Gasteiger partial charge on any atom is 0.339 e. The molecule has 1 aliphatic rings. The number of ether oxygens (including phenoxy) is 1. The van der Waals surface area contributed by atoms with E-state index < -0.39 is 5.97 Å². The van der Waals surface area contributed by atoms with E-state index in [9.17, 15) is 15.0 Å². The summed E-state index contributed by atoms with van der Waals surface area (Å²) in [5.41, 5.74) is 2.74. The molecule has 2 atom stereocenters. The third-order valence-electron chi connectivity index (χ3n) is 6.56. The molecule has 1 heterocycles. The zero-order chi connectivity index (χ0) is 24.4. The molecule has 1 unspecified atom stereocenters. The maximum absolute atomic E-state index is 11.6. The summed E-state index contributed by atoms with van der Waals surface area (Å²) in [5.74, 6) is -0.643. The van der Waals surface area contributed by atoms with Crippen LogP contribution < -0.4 is 15.0 Å². The predicted molar refractivity (Wildman–Crippen MR) is 145 cm³/mol. The van der Waals surface area contributed by atoms with Gasteiger partial charge in [-0.15, -0.1) is 12.4 Å². The van der Waals surface area contributed by atoms with Crippen LogP contribution in [-0.2, 0) is 0 Å². The number of nitrogens with one attached hydrogen (secondary N) is 1. The number of aromatic hydroxyl groups is 1. The number of fused-ring (bicyclic) bond motifs is 2. The fraction of sp³-hybridized carbons (Fsp3) is 0.207. The van der Waals surface area contributed by atoms with Crippen molar-refractivity contribution in [2.45, 2.75) is 25.5 Å². The molecule has 4 aromatic rings. The summed E-state index contributed by atoms with van der Waals surface area (Å²) in [6, 6.07) is 27.4. The molecule has 36 heavy (non-hydrogen) atoms. The number of rotatable bonds is 7. The van der Waals surface area contributed by atoms with Crippen LogP contribution >= 0.6 is 12.4 Å². The Morgan fingerprint density at radius 2 is 1.81 bits per heavy atom. The van der Waals surface area contributed by atoms with E-state index in [0.717, 1.165) is 24.4 Å². The monoisotopic (exact) mass is 504 g/mol. The SMILES string of the molecule is C[C@@H](NCCC1CN(c2ccc(O)c(C(=O)O)c2)c2ccccc2O1)c1cccc2ccccc12.Cl. The molecule has 3 N–H and O–H groups in total. The Morgan fingerprint density at radius 3 is 2.64 bits per heavy atom. The van der Waals surface area contributed by atoms with Gasteiger partial charge in [0, 0.05) is 11.7 Å². The van der Waals surface area contributed by atoms with Crippen LogP contribution in [0.4, 0.5) is 11.4 Å². The third-order valence-corrected chi connectivity index (χ3v) is 6.56. The second-order valence-corrected chi connectivity index (χ2v) is 8.86. The topological polar surface area (TPSA) is 82.0 Å². The quantitative estimate of drug-likeness (QED) is 0.274. The van der Waals surface area contributed by atoms with Crippen molar-refractivity contribution in [2.75, 3.05) is 18.0 Å². The first-order chi connectivity index (χ1) is 17.0. The number of hydrogen-bond acceptors (Lipinski definition) is 5. The number of aromatic carboxylic acids is 1. The van der Waals surface area contributed by atoms with Gasteiger partial charge in [0.15, 0.2) is 0 Å². The van der Waals surface area contributed by atoms with Crippen molar-refractivity contribution in [3.63, 3.8) is 0 Å². The highest BCUT2D eigenvalue weighted by Crippen LogP contribution is 2.39. The van der Waals surface area contributed by atoms with Crippen LogP contribution in [-0.4, -0.2) is 35.4 Å². The molecule has 0 saturated carbocycles. The number of phenols is 1. The van der Waals surface area contributed by atoms with Crippen LogP contribution in [0.3, 0.4) is 0 Å². The Balaban J connectivity index is 0.00000304. The van der Waals surface area contributed by atoms with Gasteiger partial charge in [-0.05, 0) is 66.6 Å². The molecule has 1 aliphatic heterocycles. The lowest BCUT2D eigenvalue weighted by atomic mass is 9.99. The number of halogens is 1. The molecule has 0 aliphatic carbocycles. The second-order valence-electron chi connectivity index (χ2n) is 8.86. The Hall–Kier alpha value is -3.74. The second kappa shape index (κ2) is 10.9. The van der Waals surface area contributed by atoms with Gasteiger partial charge in [0.2, 0.25) is 0 Å². The summed E-state index contributed by atoms with van der Waals surface area (Å²) in [7, 11) is 0. The van der Waals surface area contributed by atoms with Gasteiger partial charge in [-0.1, -0.05) is 54.6 Å². The average molecular weight is 505 g/mol. The minimum atomic E-state index is -1.16. The Labute approximate surface area is 216 Å². The van der Waals surface area contributed by atoms with Gasteiger partial charge in [0.1, 0.15) is 23.2 Å². The first-order valence-corrected chi connectivity index (χ1v) is 11.8. The Kier molecular flexibility index (Phi) is 7.67. The van der Waals surface area contributed by atoms with Crippen LogP contribution in [0.25, 0.3) is 10.8 Å². The van der Waals surface area contributed by atoms with Crippen LogP contribution in [0.5, 0.6) is 11.5 Å². The fourth-order valence-corrected chi connectivity index (χ4v) is 4.76. The highest BCUT2D eigenvalue weighted by atomic mass is 35.5. The van der Waals surface area contributed by atoms with Gasteiger partial charge in [0.05, 0.1) is 12.2 Å². The molecule has 0 aromatic heterocycles. The highest BCUT2D eigenvalue weighted by Gasteiger charge is 2.27. The third kappa shape index (κ3) is 5.10. The lowest BCUT2D eigenvalue weighted by Crippen LogP contribution is -2.39. The van der Waals surface area contributed by atoms with Gasteiger partial charge < -0.3 is 25.2 Å². The summed E-state index contributed by atoms with van der Waals surface area (Å²) in [5, 5.41) is 25.5. The van der Waals surface area contributed by atoms with Crippen molar-refractivity contribution in [1.82, 2.24) is 5.32 Å². The summed E-state index contributed by atoms with van der Waals surface area (Å²) >= 11 is 0. The van der Waals surface area contributed by atoms with Crippen LogP contribution in [0.1, 0.15) is 35.3 Å². The van der Waals surface area contributed by atoms with E-state index >= 15 is 0 Å². The first kappa shape index (κ1) is 25.4. The summed E-state index contributed by atoms with van der Waals surface area (Å²) in [4.78, 5) is 13.6. The zero-order valence-electron chi connectivity index (χ0n) is 19.9. The molecular weight excluding hydrogens is 476 g/mol. The van der Waals surface area contributed by atoms with E-state index in [1.165, 1.54) is 28.5 Å². The normalized spacial score (nSPS) is 15.5. The maximum atomic E-state index is 11.6. The van der Waals surface area contributed by atoms with E-state index in [-0.39, 0.29) is 35.9 Å². The summed E-state index contributed by atoms with van der Waals surface area (Å²) in [6.45, 7) is 3.52. The standard InChI is InChI=1S/C29H28N2O4.ClH/c1-19(23-10-6-8-20-7-2-3-9-24(20)23)30-16-15-22-18-31(26-11-4-5-12-28(26)35-22)21-13-14-27(32)25(17-21)29(33)34;/h2-14,17,19,22,30,32H,15-16,18H2,1H3,(H,33,34);1H/t19-,22?;/m1./s1. The van der Waals surface area contributed by atoms with Crippen molar-refractivity contribution < 1.29 is 19.7 Å². The average Bonchev–Trinajstić information content (AvgIpc) is 2.88. The smallest absolute Gasteiger partial charge is 0.339 e. The molecule has 6 nitrogen and oxygen atoms in total. The zero-order valence-corrected chi connectivity index (χ0v) is 20.7. The number of carboxylic acids is 1. The van der Waals surface area contributed by atoms with E-state index in [1.54, 1.807) is 6.07 Å². The molecular formula is C29H29ClN2O4. The highest BCUT2D eigenvalue weighted by molar-refractivity contribution is 5.92. The molecule has 0 saturated heterocycles. The molecule has 4 aromatic carbocycles. The van der Waals surface area contributed by atoms with Crippen molar-refractivity contribution in [3.05, 3.63) is 96.1 Å². The van der Waals surface area contributed by atoms with Gasteiger partial charge in [0.25, 0.3) is 0 Å². The number of para-hydroxylation sites is 2. The van der Waals surface area contributed by atoms with Gasteiger partial charge in [-0.25, -0.2) is 4.79 Å². The number of carbonyl (C=O) groups is 1. The lowest BCUT2D eigenvalue weighted by molar-refractivity contribution is 0.0693. The Bertz CT molecular complexity index is 1370. The Morgan fingerprint density at radius 1 is 1.06 bits per heavy atom. The van der Waals surface area contributed by atoms with Crippen LogP contribution in [0.15, 0.2) is 84.9 Å². The number of anilines is 2. The van der Waals surface area contributed by atoms with Crippen LogP contribution in [0, 0.1) is 0 Å². The molecule has 7 heteroatoms. The number of benzene rings is 4. The number of carboxylic acid groups (broad SMARTS) is 1. The minimum absolute atomic E-state index is 0. The molecule has 0 radical (unpaired) electrons. The predicted octanol–water partition coefficient (Wildman–Crippen LogP) is 6.31. The van der Waals surface area contributed by atoms with Crippen molar-refractivity contribution in [2.24, 2.45) is 0 Å². The van der Waals surface area contributed by atoms with E-state index in [2.05, 4.69) is 59.6 Å². The summed E-state index contributed by atoms with van der Waals surface area (Å²) in [6.07, 6.45) is 0.697. The van der Waals surface area contributed by atoms with E-state index in [4.69, 9.17) is 4.74 Å². The molecule has 0 amide bonds. The molecule has 0 spiro atoms. The fourth-order valence-electron chi connectivity index (χ4n) is 4.76. The lowest BCUT2D eigenvalue weighted by Gasteiger charge is -2.36. The first-order valence-electron chi connectivity index (χ1n) is 11.8. The number of hydrogen-bond donors (Lipinski definition) is 3. The van der Waals surface area contributed by atoms with E-state index in [1.807, 2.05) is 24.3 Å².